The highest BCUT2D eigenvalue weighted by Gasteiger charge is 2.27. The van der Waals surface area contributed by atoms with E-state index in [-0.39, 0.29) is 0 Å². The zero-order valence-corrected chi connectivity index (χ0v) is 13.9. The van der Waals surface area contributed by atoms with E-state index in [9.17, 15) is 8.42 Å². The van der Waals surface area contributed by atoms with E-state index in [1.807, 2.05) is 0 Å². The summed E-state index contributed by atoms with van der Waals surface area (Å²) in [6.45, 7) is 0.590. The molecular formula is C15H28ClNO2S. The van der Waals surface area contributed by atoms with Crippen LogP contribution in [0.4, 0.5) is 0 Å². The topological polar surface area (TPSA) is 46.2 Å². The zero-order chi connectivity index (χ0) is 14.4. The molecule has 2 atom stereocenters. The van der Waals surface area contributed by atoms with Gasteiger partial charge in [0.1, 0.15) is 0 Å². The summed E-state index contributed by atoms with van der Waals surface area (Å²) in [5.74, 6) is 2.28. The monoisotopic (exact) mass is 321 g/mol. The van der Waals surface area contributed by atoms with Crippen molar-refractivity contribution in [3.8, 4) is 0 Å². The van der Waals surface area contributed by atoms with Crippen molar-refractivity contribution in [2.75, 3.05) is 18.2 Å². The molecule has 118 valence electrons. The number of rotatable bonds is 6. The summed E-state index contributed by atoms with van der Waals surface area (Å²) in [7, 11) is -3.11. The lowest BCUT2D eigenvalue weighted by atomic mass is 9.80. The predicted octanol–water partition coefficient (Wildman–Crippen LogP) is 3.53. The van der Waals surface area contributed by atoms with Crippen molar-refractivity contribution in [3.05, 3.63) is 0 Å². The van der Waals surface area contributed by atoms with Gasteiger partial charge in [0.2, 0.25) is 10.0 Å². The Balaban J connectivity index is 1.78. The molecule has 0 spiro atoms. The van der Waals surface area contributed by atoms with Gasteiger partial charge in [0.25, 0.3) is 0 Å². The Bertz CT molecular complexity index is 379. The van der Waals surface area contributed by atoms with E-state index in [4.69, 9.17) is 11.6 Å². The third-order valence-electron chi connectivity index (χ3n) is 5.01. The molecule has 0 aromatic heterocycles. The predicted molar refractivity (Wildman–Crippen MR) is 84.5 cm³/mol. The lowest BCUT2D eigenvalue weighted by Gasteiger charge is -2.30. The molecule has 0 heterocycles. The maximum Gasteiger partial charge on any atom is 0.211 e. The van der Waals surface area contributed by atoms with Crippen LogP contribution >= 0.6 is 11.6 Å². The standard InChI is InChI=1S/C15H28ClNO2S/c16-10-14-8-4-5-9-15(14)11-17-20(18,19)12-13-6-2-1-3-7-13/h13-15,17H,1-12H2. The molecule has 0 amide bonds. The second-order valence-corrected chi connectivity index (χ2v) is 8.75. The third kappa shape index (κ3) is 5.19. The minimum absolute atomic E-state index is 0.325. The maximum atomic E-state index is 12.2. The van der Waals surface area contributed by atoms with Crippen LogP contribution < -0.4 is 4.72 Å². The van der Waals surface area contributed by atoms with Crippen molar-refractivity contribution in [1.82, 2.24) is 4.72 Å². The molecule has 2 unspecified atom stereocenters. The summed E-state index contributed by atoms with van der Waals surface area (Å²) in [5, 5.41) is 0. The van der Waals surface area contributed by atoms with Gasteiger partial charge in [0, 0.05) is 12.4 Å². The van der Waals surface area contributed by atoms with Crippen LogP contribution in [0.5, 0.6) is 0 Å². The van der Waals surface area contributed by atoms with E-state index in [2.05, 4.69) is 4.72 Å². The maximum absolute atomic E-state index is 12.2. The normalized spacial score (nSPS) is 29.4. The fraction of sp³-hybridized carbons (Fsp3) is 1.00. The molecule has 2 saturated carbocycles. The van der Waals surface area contributed by atoms with Gasteiger partial charge in [-0.1, -0.05) is 32.1 Å². The Morgan fingerprint density at radius 1 is 0.900 bits per heavy atom. The second-order valence-electron chi connectivity index (χ2n) is 6.59. The fourth-order valence-electron chi connectivity index (χ4n) is 3.71. The first kappa shape index (κ1) is 16.6. The summed E-state index contributed by atoms with van der Waals surface area (Å²) in [6, 6.07) is 0. The van der Waals surface area contributed by atoms with Crippen LogP contribution in [0.3, 0.4) is 0 Å². The highest BCUT2D eigenvalue weighted by Crippen LogP contribution is 2.30. The zero-order valence-electron chi connectivity index (χ0n) is 12.3. The van der Waals surface area contributed by atoms with Gasteiger partial charge in [-0.15, -0.1) is 11.6 Å². The van der Waals surface area contributed by atoms with Crippen LogP contribution in [0, 0.1) is 17.8 Å². The number of hydrogen-bond acceptors (Lipinski definition) is 2. The van der Waals surface area contributed by atoms with Crippen molar-refractivity contribution < 1.29 is 8.42 Å². The number of halogens is 1. The molecule has 2 rings (SSSR count). The number of sulfonamides is 1. The summed E-state index contributed by atoms with van der Waals surface area (Å²) in [4.78, 5) is 0. The van der Waals surface area contributed by atoms with Crippen LogP contribution in [0.2, 0.25) is 0 Å². The number of alkyl halides is 1. The Hall–Kier alpha value is 0.200. The van der Waals surface area contributed by atoms with Gasteiger partial charge < -0.3 is 0 Å². The quantitative estimate of drug-likeness (QED) is 0.761. The Labute approximate surface area is 128 Å². The largest absolute Gasteiger partial charge is 0.215 e. The van der Waals surface area contributed by atoms with Gasteiger partial charge in [0.05, 0.1) is 5.75 Å². The van der Waals surface area contributed by atoms with Gasteiger partial charge in [-0.25, -0.2) is 13.1 Å². The van der Waals surface area contributed by atoms with Gasteiger partial charge in [-0.3, -0.25) is 0 Å². The molecule has 2 fully saturated rings. The van der Waals surface area contributed by atoms with Crippen molar-refractivity contribution in [2.45, 2.75) is 57.8 Å². The molecular weight excluding hydrogens is 294 g/mol. The second kappa shape index (κ2) is 8.00. The Morgan fingerprint density at radius 2 is 1.50 bits per heavy atom. The van der Waals surface area contributed by atoms with Gasteiger partial charge in [0.15, 0.2) is 0 Å². The molecule has 1 N–H and O–H groups in total. The van der Waals surface area contributed by atoms with Crippen molar-refractivity contribution in [2.24, 2.45) is 17.8 Å². The molecule has 2 aliphatic rings. The molecule has 0 aromatic carbocycles. The van der Waals surface area contributed by atoms with Crippen LogP contribution in [0.1, 0.15) is 57.8 Å². The number of hydrogen-bond donors (Lipinski definition) is 1. The number of nitrogens with one attached hydrogen (secondary N) is 1. The molecule has 5 heteroatoms. The van der Waals surface area contributed by atoms with E-state index >= 15 is 0 Å². The summed E-state index contributed by atoms with van der Waals surface area (Å²) in [6.07, 6.45) is 10.5. The molecule has 2 aliphatic carbocycles. The lowest BCUT2D eigenvalue weighted by molar-refractivity contribution is 0.260. The van der Waals surface area contributed by atoms with E-state index in [1.165, 1.54) is 32.1 Å². The fourth-order valence-corrected chi connectivity index (χ4v) is 5.66. The summed E-state index contributed by atoms with van der Waals surface area (Å²) in [5.41, 5.74) is 0. The first-order valence-corrected chi connectivity index (χ1v) is 10.3. The van der Waals surface area contributed by atoms with Crippen LogP contribution in [0.25, 0.3) is 0 Å². The van der Waals surface area contributed by atoms with Crippen molar-refractivity contribution in [1.29, 1.82) is 0 Å². The molecule has 3 nitrogen and oxygen atoms in total. The summed E-state index contributed by atoms with van der Waals surface area (Å²) >= 11 is 6.00. The van der Waals surface area contributed by atoms with Gasteiger partial charge >= 0.3 is 0 Å². The highest BCUT2D eigenvalue weighted by atomic mass is 35.5. The van der Waals surface area contributed by atoms with Crippen LogP contribution in [-0.2, 0) is 10.0 Å². The van der Waals surface area contributed by atoms with Gasteiger partial charge in [-0.2, -0.15) is 0 Å². The van der Waals surface area contributed by atoms with E-state index in [1.54, 1.807) is 0 Å². The molecule has 0 radical (unpaired) electrons. The Kier molecular flexibility index (Phi) is 6.63. The highest BCUT2D eigenvalue weighted by molar-refractivity contribution is 7.89. The third-order valence-corrected chi connectivity index (χ3v) is 6.92. The van der Waals surface area contributed by atoms with Crippen LogP contribution in [0.15, 0.2) is 0 Å². The molecule has 0 aliphatic heterocycles. The van der Waals surface area contributed by atoms with Crippen molar-refractivity contribution >= 4 is 21.6 Å². The van der Waals surface area contributed by atoms with Gasteiger partial charge in [-0.05, 0) is 43.4 Å². The van der Waals surface area contributed by atoms with E-state index in [0.717, 1.165) is 25.7 Å². The average molecular weight is 322 g/mol. The first-order valence-electron chi connectivity index (χ1n) is 8.14. The van der Waals surface area contributed by atoms with E-state index in [0.29, 0.717) is 35.9 Å². The summed E-state index contributed by atoms with van der Waals surface area (Å²) < 4.78 is 27.2. The minimum atomic E-state index is -3.11. The van der Waals surface area contributed by atoms with E-state index < -0.39 is 10.0 Å². The minimum Gasteiger partial charge on any atom is -0.215 e. The average Bonchev–Trinajstić information content (AvgIpc) is 2.46. The smallest absolute Gasteiger partial charge is 0.211 e. The molecule has 20 heavy (non-hydrogen) atoms. The molecule has 0 bridgehead atoms. The SMILES string of the molecule is O=S(=O)(CC1CCCCC1)NCC1CCCCC1CCl. The molecule has 0 aromatic rings. The molecule has 0 saturated heterocycles. The Morgan fingerprint density at radius 3 is 2.15 bits per heavy atom. The van der Waals surface area contributed by atoms with Crippen molar-refractivity contribution in [3.63, 3.8) is 0 Å². The lowest BCUT2D eigenvalue weighted by Crippen LogP contribution is -2.37. The van der Waals surface area contributed by atoms with Crippen LogP contribution in [-0.4, -0.2) is 26.6 Å². The first-order chi connectivity index (χ1) is 9.61.